The molecular weight excluding hydrogens is 365 g/mol. The zero-order valence-electron chi connectivity index (χ0n) is 15.6. The molecule has 0 unspecified atom stereocenters. The molecule has 148 valence electrons. The summed E-state index contributed by atoms with van der Waals surface area (Å²) in [5.74, 6) is -2.09. The maximum absolute atomic E-state index is 13.6. The van der Waals surface area contributed by atoms with E-state index < -0.39 is 29.8 Å². The second kappa shape index (κ2) is 10.1. The van der Waals surface area contributed by atoms with Crippen molar-refractivity contribution < 1.29 is 23.5 Å². The summed E-state index contributed by atoms with van der Waals surface area (Å²) in [6.45, 7) is 2.79. The Balaban J connectivity index is 1.88. The van der Waals surface area contributed by atoms with Gasteiger partial charge in [-0.1, -0.05) is 42.5 Å². The van der Waals surface area contributed by atoms with Crippen LogP contribution in [-0.4, -0.2) is 23.8 Å². The van der Waals surface area contributed by atoms with E-state index in [1.807, 2.05) is 6.07 Å². The predicted molar refractivity (Wildman–Crippen MR) is 100 cm³/mol. The molecule has 2 rings (SSSR count). The molecule has 3 N–H and O–H groups in total. The second-order valence-corrected chi connectivity index (χ2v) is 6.10. The zero-order chi connectivity index (χ0) is 20.5. The number of hydrogen-bond donors (Lipinski definition) is 3. The highest BCUT2D eigenvalue weighted by molar-refractivity contribution is 5.85. The number of hydrogen-bond acceptors (Lipinski definition) is 4. The summed E-state index contributed by atoms with van der Waals surface area (Å²) in [5, 5.41) is 2.70. The fourth-order valence-electron chi connectivity index (χ4n) is 2.44. The van der Waals surface area contributed by atoms with E-state index in [1.54, 1.807) is 30.3 Å². The summed E-state index contributed by atoms with van der Waals surface area (Å²) < 4.78 is 18.8. The van der Waals surface area contributed by atoms with Crippen LogP contribution in [0.5, 0.6) is 5.75 Å². The molecule has 28 heavy (non-hydrogen) atoms. The number of carbonyl (C=O) groups excluding carboxylic acids is 3. The summed E-state index contributed by atoms with van der Waals surface area (Å²) in [5.41, 5.74) is 5.27. The molecule has 0 saturated heterocycles. The van der Waals surface area contributed by atoms with Gasteiger partial charge in [-0.3, -0.25) is 25.2 Å². The van der Waals surface area contributed by atoms with Gasteiger partial charge in [0.05, 0.1) is 12.5 Å². The van der Waals surface area contributed by atoms with Crippen molar-refractivity contribution in [3.05, 3.63) is 66.0 Å². The fourth-order valence-corrected chi connectivity index (χ4v) is 2.44. The van der Waals surface area contributed by atoms with Crippen molar-refractivity contribution in [3.8, 4) is 5.75 Å². The number of benzene rings is 2. The standard InChI is InChI=1S/C20H22FN3O4/c1-13(28-18-11-7-6-10-16(18)21)20(27)24-23-19(26)12-17(22-14(2)25)15-8-4-3-5-9-15/h3-11,13,17H,12H2,1-2H3,(H,22,25)(H,23,26)(H,24,27)/t13-,17+/m0/s1. The third-order valence-electron chi connectivity index (χ3n) is 3.80. The molecule has 0 heterocycles. The lowest BCUT2D eigenvalue weighted by Gasteiger charge is -2.19. The molecule has 0 spiro atoms. The molecule has 0 radical (unpaired) electrons. The topological polar surface area (TPSA) is 96.5 Å². The normalized spacial score (nSPS) is 12.4. The summed E-state index contributed by atoms with van der Waals surface area (Å²) in [6.07, 6.45) is -1.11. The van der Waals surface area contributed by atoms with E-state index in [1.165, 1.54) is 32.0 Å². The van der Waals surface area contributed by atoms with Crippen LogP contribution in [0.25, 0.3) is 0 Å². The second-order valence-electron chi connectivity index (χ2n) is 6.10. The van der Waals surface area contributed by atoms with Gasteiger partial charge in [0.15, 0.2) is 17.7 Å². The number of amides is 3. The van der Waals surface area contributed by atoms with Gasteiger partial charge < -0.3 is 10.1 Å². The first kappa shape index (κ1) is 20.9. The van der Waals surface area contributed by atoms with Crippen molar-refractivity contribution in [2.75, 3.05) is 0 Å². The Morgan fingerprint density at radius 2 is 1.64 bits per heavy atom. The SMILES string of the molecule is CC(=O)N[C@H](CC(=O)NNC(=O)[C@H](C)Oc1ccccc1F)c1ccccc1. The summed E-state index contributed by atoms with van der Waals surface area (Å²) >= 11 is 0. The number of para-hydroxylation sites is 1. The third-order valence-corrected chi connectivity index (χ3v) is 3.80. The lowest BCUT2D eigenvalue weighted by Crippen LogP contribution is -2.48. The molecular formula is C20H22FN3O4. The molecule has 0 aromatic heterocycles. The summed E-state index contributed by atoms with van der Waals surface area (Å²) in [4.78, 5) is 35.6. The Bertz CT molecular complexity index is 829. The maximum atomic E-state index is 13.6. The van der Waals surface area contributed by atoms with Gasteiger partial charge in [-0.2, -0.15) is 0 Å². The van der Waals surface area contributed by atoms with E-state index in [9.17, 15) is 18.8 Å². The number of nitrogens with one attached hydrogen (secondary N) is 3. The molecule has 7 nitrogen and oxygen atoms in total. The first-order chi connectivity index (χ1) is 13.4. The minimum Gasteiger partial charge on any atom is -0.478 e. The van der Waals surface area contributed by atoms with Gasteiger partial charge in [0.2, 0.25) is 11.8 Å². The van der Waals surface area contributed by atoms with Crippen molar-refractivity contribution in [1.82, 2.24) is 16.2 Å². The Labute approximate surface area is 162 Å². The number of ether oxygens (including phenoxy) is 1. The van der Waals surface area contributed by atoms with Crippen molar-refractivity contribution >= 4 is 17.7 Å². The predicted octanol–water partition coefficient (Wildman–Crippen LogP) is 2.01. The average Bonchev–Trinajstić information content (AvgIpc) is 2.67. The van der Waals surface area contributed by atoms with Crippen LogP contribution in [0.2, 0.25) is 0 Å². The number of halogens is 1. The lowest BCUT2D eigenvalue weighted by atomic mass is 10.0. The van der Waals surface area contributed by atoms with E-state index in [2.05, 4.69) is 16.2 Å². The molecule has 3 amide bonds. The average molecular weight is 387 g/mol. The van der Waals surface area contributed by atoms with Crippen LogP contribution in [0.3, 0.4) is 0 Å². The summed E-state index contributed by atoms with van der Waals surface area (Å²) in [6, 6.07) is 14.2. The third kappa shape index (κ3) is 6.39. The minimum atomic E-state index is -1.03. The Hall–Kier alpha value is -3.42. The molecule has 2 aromatic rings. The highest BCUT2D eigenvalue weighted by Gasteiger charge is 2.20. The molecule has 0 aliphatic rings. The van der Waals surface area contributed by atoms with Gasteiger partial charge in [-0.05, 0) is 24.6 Å². The van der Waals surface area contributed by atoms with E-state index in [-0.39, 0.29) is 18.1 Å². The van der Waals surface area contributed by atoms with E-state index in [4.69, 9.17) is 4.74 Å². The molecule has 8 heteroatoms. The monoisotopic (exact) mass is 387 g/mol. The fraction of sp³-hybridized carbons (Fsp3) is 0.250. The Morgan fingerprint density at radius 3 is 2.29 bits per heavy atom. The zero-order valence-corrected chi connectivity index (χ0v) is 15.6. The van der Waals surface area contributed by atoms with Crippen LogP contribution in [0, 0.1) is 5.82 Å². The Morgan fingerprint density at radius 1 is 1.00 bits per heavy atom. The highest BCUT2D eigenvalue weighted by atomic mass is 19.1. The minimum absolute atomic E-state index is 0.0636. The van der Waals surface area contributed by atoms with E-state index in [0.29, 0.717) is 0 Å². The number of rotatable bonds is 7. The quantitative estimate of drug-likeness (QED) is 0.633. The van der Waals surface area contributed by atoms with Gasteiger partial charge >= 0.3 is 0 Å². The first-order valence-electron chi connectivity index (χ1n) is 8.68. The van der Waals surface area contributed by atoms with Crippen LogP contribution >= 0.6 is 0 Å². The smallest absolute Gasteiger partial charge is 0.279 e. The van der Waals surface area contributed by atoms with Crippen LogP contribution in [-0.2, 0) is 14.4 Å². The van der Waals surface area contributed by atoms with Gasteiger partial charge in [0.25, 0.3) is 5.91 Å². The lowest BCUT2D eigenvalue weighted by molar-refractivity contribution is -0.133. The van der Waals surface area contributed by atoms with Gasteiger partial charge in [0.1, 0.15) is 0 Å². The van der Waals surface area contributed by atoms with Crippen LogP contribution in [0.15, 0.2) is 54.6 Å². The Kier molecular flexibility index (Phi) is 7.50. The first-order valence-corrected chi connectivity index (χ1v) is 8.68. The molecule has 0 bridgehead atoms. The molecule has 0 aliphatic carbocycles. The van der Waals surface area contributed by atoms with Gasteiger partial charge in [-0.15, -0.1) is 0 Å². The number of carbonyl (C=O) groups is 3. The molecule has 0 fully saturated rings. The van der Waals surface area contributed by atoms with Crippen LogP contribution < -0.4 is 20.9 Å². The van der Waals surface area contributed by atoms with Crippen molar-refractivity contribution in [2.45, 2.75) is 32.4 Å². The largest absolute Gasteiger partial charge is 0.478 e. The van der Waals surface area contributed by atoms with E-state index in [0.717, 1.165) is 5.56 Å². The van der Waals surface area contributed by atoms with Gasteiger partial charge in [-0.25, -0.2) is 4.39 Å². The molecule has 2 aromatic carbocycles. The molecule has 0 aliphatic heterocycles. The van der Waals surface area contributed by atoms with Crippen LogP contribution in [0.1, 0.15) is 31.9 Å². The maximum Gasteiger partial charge on any atom is 0.279 e. The van der Waals surface area contributed by atoms with Gasteiger partial charge in [0, 0.05) is 6.92 Å². The van der Waals surface area contributed by atoms with Crippen molar-refractivity contribution in [3.63, 3.8) is 0 Å². The van der Waals surface area contributed by atoms with Crippen LogP contribution in [0.4, 0.5) is 4.39 Å². The molecule has 0 saturated carbocycles. The van der Waals surface area contributed by atoms with E-state index >= 15 is 0 Å². The summed E-state index contributed by atoms with van der Waals surface area (Å²) in [7, 11) is 0. The van der Waals surface area contributed by atoms with Crippen molar-refractivity contribution in [1.29, 1.82) is 0 Å². The highest BCUT2D eigenvalue weighted by Crippen LogP contribution is 2.17. The molecule has 2 atom stereocenters. The van der Waals surface area contributed by atoms with Crippen molar-refractivity contribution in [2.24, 2.45) is 0 Å². The number of hydrazine groups is 1.